The molecule has 2 rings (SSSR count). The Bertz CT molecular complexity index is 903. The van der Waals surface area contributed by atoms with Crippen LogP contribution < -0.4 is 15.8 Å². The maximum atomic E-state index is 13.5. The van der Waals surface area contributed by atoms with Crippen molar-refractivity contribution in [1.82, 2.24) is 0 Å². The molecule has 3 N–H and O–H groups in total. The van der Waals surface area contributed by atoms with Crippen LogP contribution in [-0.2, 0) is 9.59 Å². The number of nitriles is 1. The van der Waals surface area contributed by atoms with Gasteiger partial charge in [-0.1, -0.05) is 12.1 Å². The summed E-state index contributed by atoms with van der Waals surface area (Å²) < 4.78 is 31.5. The predicted molar refractivity (Wildman–Crippen MR) is 89.7 cm³/mol. The van der Waals surface area contributed by atoms with Crippen LogP contribution in [0.5, 0.6) is 5.75 Å². The van der Waals surface area contributed by atoms with E-state index < -0.39 is 30.1 Å². The molecular weight excluding hydrogens is 344 g/mol. The molecule has 2 amide bonds. The summed E-state index contributed by atoms with van der Waals surface area (Å²) in [6.07, 6.45) is 1.32. The van der Waals surface area contributed by atoms with Gasteiger partial charge in [0.15, 0.2) is 6.61 Å². The Hall–Kier alpha value is -3.73. The van der Waals surface area contributed by atoms with Gasteiger partial charge in [0.2, 0.25) is 0 Å². The highest BCUT2D eigenvalue weighted by Crippen LogP contribution is 2.16. The molecule has 0 aliphatic carbocycles. The Labute approximate surface area is 147 Å². The van der Waals surface area contributed by atoms with Crippen molar-refractivity contribution >= 4 is 23.6 Å². The number of rotatable bonds is 6. The summed E-state index contributed by atoms with van der Waals surface area (Å²) in [6.45, 7) is -0.392. The van der Waals surface area contributed by atoms with Crippen LogP contribution in [0.15, 0.2) is 48.0 Å². The van der Waals surface area contributed by atoms with Gasteiger partial charge in [-0.15, -0.1) is 0 Å². The van der Waals surface area contributed by atoms with Crippen LogP contribution in [0, 0.1) is 23.0 Å². The SMILES string of the molecule is N#C/C(=C\c1ccc(OCC(=O)Nc2ccc(F)cc2F)cc1)C(N)=O. The molecule has 132 valence electrons. The fraction of sp³-hybridized carbons (Fsp3) is 0.0556. The van der Waals surface area contributed by atoms with Gasteiger partial charge >= 0.3 is 0 Å². The molecule has 0 saturated carbocycles. The molecule has 0 aliphatic heterocycles. The topological polar surface area (TPSA) is 105 Å². The zero-order valence-electron chi connectivity index (χ0n) is 13.3. The third kappa shape index (κ3) is 5.14. The molecule has 0 atom stereocenters. The number of hydrogen-bond acceptors (Lipinski definition) is 4. The molecule has 26 heavy (non-hydrogen) atoms. The average molecular weight is 357 g/mol. The predicted octanol–water partition coefficient (Wildman–Crippen LogP) is 2.37. The Kier molecular flexibility index (Phi) is 6.01. The summed E-state index contributed by atoms with van der Waals surface area (Å²) in [4.78, 5) is 22.7. The van der Waals surface area contributed by atoms with Crippen LogP contribution in [0.4, 0.5) is 14.5 Å². The Morgan fingerprint density at radius 3 is 2.46 bits per heavy atom. The van der Waals surface area contributed by atoms with Gasteiger partial charge in [0.1, 0.15) is 29.0 Å². The van der Waals surface area contributed by atoms with Crippen molar-refractivity contribution in [3.8, 4) is 11.8 Å². The Morgan fingerprint density at radius 1 is 1.19 bits per heavy atom. The van der Waals surface area contributed by atoms with Gasteiger partial charge in [-0.05, 0) is 35.9 Å². The van der Waals surface area contributed by atoms with E-state index in [-0.39, 0.29) is 11.3 Å². The molecule has 0 aliphatic rings. The fourth-order valence-corrected chi connectivity index (χ4v) is 1.91. The maximum absolute atomic E-state index is 13.5. The number of ether oxygens (including phenoxy) is 1. The fourth-order valence-electron chi connectivity index (χ4n) is 1.91. The summed E-state index contributed by atoms with van der Waals surface area (Å²) in [7, 11) is 0. The van der Waals surface area contributed by atoms with E-state index in [1.807, 2.05) is 0 Å². The number of carbonyl (C=O) groups is 2. The van der Waals surface area contributed by atoms with Gasteiger partial charge in [-0.3, -0.25) is 9.59 Å². The van der Waals surface area contributed by atoms with Crippen molar-refractivity contribution in [2.24, 2.45) is 5.73 Å². The van der Waals surface area contributed by atoms with Crippen molar-refractivity contribution in [2.75, 3.05) is 11.9 Å². The van der Waals surface area contributed by atoms with E-state index in [2.05, 4.69) is 5.32 Å². The molecule has 0 saturated heterocycles. The Morgan fingerprint density at radius 2 is 1.88 bits per heavy atom. The van der Waals surface area contributed by atoms with E-state index in [4.69, 9.17) is 15.7 Å². The van der Waals surface area contributed by atoms with Crippen molar-refractivity contribution in [3.63, 3.8) is 0 Å². The van der Waals surface area contributed by atoms with E-state index in [1.54, 1.807) is 18.2 Å². The minimum absolute atomic E-state index is 0.157. The lowest BCUT2D eigenvalue weighted by Gasteiger charge is -2.08. The first-order valence-electron chi connectivity index (χ1n) is 7.28. The lowest BCUT2D eigenvalue weighted by Crippen LogP contribution is -2.20. The normalized spacial score (nSPS) is 10.7. The highest BCUT2D eigenvalue weighted by atomic mass is 19.1. The molecule has 0 aromatic heterocycles. The second-order valence-electron chi connectivity index (χ2n) is 5.06. The highest BCUT2D eigenvalue weighted by Gasteiger charge is 2.09. The molecule has 0 radical (unpaired) electrons. The molecule has 8 heteroatoms. The molecular formula is C18H13F2N3O3. The number of carbonyl (C=O) groups excluding carboxylic acids is 2. The van der Waals surface area contributed by atoms with E-state index in [1.165, 1.54) is 18.2 Å². The van der Waals surface area contributed by atoms with Crippen LogP contribution in [0.3, 0.4) is 0 Å². The summed E-state index contributed by atoms with van der Waals surface area (Å²) in [5.41, 5.74) is 5.24. The first-order chi connectivity index (χ1) is 12.4. The van der Waals surface area contributed by atoms with Gasteiger partial charge in [0, 0.05) is 6.07 Å². The van der Waals surface area contributed by atoms with Crippen LogP contribution in [0.25, 0.3) is 6.08 Å². The molecule has 0 fully saturated rings. The van der Waals surface area contributed by atoms with E-state index in [0.29, 0.717) is 17.4 Å². The number of nitrogens with one attached hydrogen (secondary N) is 1. The van der Waals surface area contributed by atoms with Gasteiger partial charge in [0.05, 0.1) is 5.69 Å². The summed E-state index contributed by atoms with van der Waals surface area (Å²) in [5.74, 6) is -2.76. The molecule has 0 heterocycles. The van der Waals surface area contributed by atoms with Crippen molar-refractivity contribution < 1.29 is 23.1 Å². The quantitative estimate of drug-likeness (QED) is 0.611. The van der Waals surface area contributed by atoms with Crippen LogP contribution in [0.1, 0.15) is 5.56 Å². The van der Waals surface area contributed by atoms with E-state index >= 15 is 0 Å². The molecule has 0 unspecified atom stereocenters. The highest BCUT2D eigenvalue weighted by molar-refractivity contribution is 6.00. The van der Waals surface area contributed by atoms with Gasteiger partial charge in [0.25, 0.3) is 11.8 Å². The minimum Gasteiger partial charge on any atom is -0.484 e. The van der Waals surface area contributed by atoms with Gasteiger partial charge in [-0.25, -0.2) is 8.78 Å². The molecule has 0 bridgehead atoms. The molecule has 0 spiro atoms. The third-order valence-corrected chi connectivity index (χ3v) is 3.15. The monoisotopic (exact) mass is 357 g/mol. The molecule has 2 aromatic carbocycles. The smallest absolute Gasteiger partial charge is 0.262 e. The summed E-state index contributed by atoms with van der Waals surface area (Å²) in [5, 5.41) is 11.0. The lowest BCUT2D eigenvalue weighted by molar-refractivity contribution is -0.118. The summed E-state index contributed by atoms with van der Waals surface area (Å²) >= 11 is 0. The number of hydrogen-bond donors (Lipinski definition) is 2. The van der Waals surface area contributed by atoms with Crippen molar-refractivity contribution in [1.29, 1.82) is 5.26 Å². The number of amides is 2. The van der Waals surface area contributed by atoms with Crippen LogP contribution >= 0.6 is 0 Å². The zero-order chi connectivity index (χ0) is 19.1. The Balaban J connectivity index is 1.94. The van der Waals surface area contributed by atoms with Crippen molar-refractivity contribution in [2.45, 2.75) is 0 Å². The number of anilines is 1. The first-order valence-corrected chi connectivity index (χ1v) is 7.28. The third-order valence-electron chi connectivity index (χ3n) is 3.15. The molecule has 2 aromatic rings. The van der Waals surface area contributed by atoms with Gasteiger partial charge in [-0.2, -0.15) is 5.26 Å². The number of nitrogens with zero attached hydrogens (tertiary/aromatic N) is 1. The minimum atomic E-state index is -0.891. The maximum Gasteiger partial charge on any atom is 0.262 e. The largest absolute Gasteiger partial charge is 0.484 e. The number of benzene rings is 2. The molecule has 6 nitrogen and oxygen atoms in total. The number of nitrogens with two attached hydrogens (primary N) is 1. The average Bonchev–Trinajstić information content (AvgIpc) is 2.61. The lowest BCUT2D eigenvalue weighted by atomic mass is 10.1. The van der Waals surface area contributed by atoms with E-state index in [9.17, 15) is 18.4 Å². The number of primary amides is 1. The second-order valence-corrected chi connectivity index (χ2v) is 5.06. The van der Waals surface area contributed by atoms with Crippen LogP contribution in [0.2, 0.25) is 0 Å². The van der Waals surface area contributed by atoms with Crippen molar-refractivity contribution in [3.05, 3.63) is 65.2 Å². The van der Waals surface area contributed by atoms with Gasteiger partial charge < -0.3 is 15.8 Å². The summed E-state index contributed by atoms with van der Waals surface area (Å²) in [6, 6.07) is 10.6. The second kappa shape index (κ2) is 8.39. The zero-order valence-corrected chi connectivity index (χ0v) is 13.3. The van der Waals surface area contributed by atoms with Crippen LogP contribution in [-0.4, -0.2) is 18.4 Å². The van der Waals surface area contributed by atoms with E-state index in [0.717, 1.165) is 12.1 Å². The number of halogens is 2. The first kappa shape index (κ1) is 18.6. The standard InChI is InChI=1S/C18H13F2N3O3/c19-13-3-6-16(15(20)8-13)23-17(24)10-26-14-4-1-11(2-5-14)7-12(9-21)18(22)25/h1-8H,10H2,(H2,22,25)(H,23,24)/b12-7+.